The Morgan fingerprint density at radius 3 is 2.75 bits per heavy atom. The molecule has 0 heterocycles. The number of rotatable bonds is 3. The summed E-state index contributed by atoms with van der Waals surface area (Å²) in [6.45, 7) is 6.02. The molecule has 0 aliphatic heterocycles. The monoisotopic (exact) mass is 271 g/mol. The predicted octanol–water partition coefficient (Wildman–Crippen LogP) is 4.31. The van der Waals surface area contributed by atoms with Crippen LogP contribution in [0, 0.1) is 29.6 Å². The molecule has 2 heteroatoms. The third-order valence-electron chi connectivity index (χ3n) is 5.25. The van der Waals surface area contributed by atoms with Crippen LogP contribution in [0.5, 0.6) is 0 Å². The van der Waals surface area contributed by atoms with Crippen LogP contribution < -0.4 is 0 Å². The van der Waals surface area contributed by atoms with Gasteiger partial charge in [0.2, 0.25) is 0 Å². The van der Waals surface area contributed by atoms with Crippen molar-refractivity contribution in [2.75, 3.05) is 0 Å². The Labute approximate surface area is 122 Å². The van der Waals surface area contributed by atoms with E-state index in [1.165, 1.54) is 6.42 Å². The summed E-state index contributed by atoms with van der Waals surface area (Å²) >= 11 is 0. The van der Waals surface area contributed by atoms with Gasteiger partial charge in [0.25, 0.3) is 0 Å². The zero-order chi connectivity index (χ0) is 14.8. The quantitative estimate of drug-likeness (QED) is 0.890. The number of hydrogen-bond acceptors (Lipinski definition) is 2. The third-order valence-corrected chi connectivity index (χ3v) is 5.25. The highest BCUT2D eigenvalue weighted by Crippen LogP contribution is 2.52. The summed E-state index contributed by atoms with van der Waals surface area (Å²) in [5, 5.41) is 21.1. The van der Waals surface area contributed by atoms with Gasteiger partial charge in [-0.1, -0.05) is 50.5 Å². The van der Waals surface area contributed by atoms with Crippen LogP contribution in [-0.2, 0) is 5.60 Å². The normalized spacial score (nSPS) is 29.4. The molecule has 3 atom stereocenters. The lowest BCUT2D eigenvalue weighted by atomic mass is 9.59. The highest BCUT2D eigenvalue weighted by atomic mass is 16.3. The van der Waals surface area contributed by atoms with Crippen molar-refractivity contribution in [3.63, 3.8) is 0 Å². The summed E-state index contributed by atoms with van der Waals surface area (Å²) < 4.78 is 0. The van der Waals surface area contributed by atoms with Crippen molar-refractivity contribution in [2.45, 2.75) is 58.5 Å². The smallest absolute Gasteiger partial charge is 0.106 e. The second-order valence-corrected chi connectivity index (χ2v) is 6.45. The number of aryl methyl sites for hydroxylation is 1. The van der Waals surface area contributed by atoms with Crippen LogP contribution in [0.3, 0.4) is 0 Å². The first kappa shape index (κ1) is 15.1. The summed E-state index contributed by atoms with van der Waals surface area (Å²) in [6, 6.07) is 10.4. The van der Waals surface area contributed by atoms with Crippen LogP contribution in [-0.4, -0.2) is 5.11 Å². The van der Waals surface area contributed by atoms with E-state index in [1.807, 2.05) is 38.1 Å². The first-order valence-corrected chi connectivity index (χ1v) is 7.66. The highest BCUT2D eigenvalue weighted by molar-refractivity contribution is 5.35. The molecular weight excluding hydrogens is 246 g/mol. The van der Waals surface area contributed by atoms with E-state index >= 15 is 0 Å². The molecule has 1 aliphatic carbocycles. The number of benzene rings is 1. The van der Waals surface area contributed by atoms with Crippen LogP contribution >= 0.6 is 0 Å². The second kappa shape index (κ2) is 5.58. The van der Waals surface area contributed by atoms with Gasteiger partial charge in [0.15, 0.2) is 0 Å². The van der Waals surface area contributed by atoms with E-state index in [0.29, 0.717) is 5.92 Å². The Morgan fingerprint density at radius 2 is 2.15 bits per heavy atom. The summed E-state index contributed by atoms with van der Waals surface area (Å²) in [5.74, 6) is 0.555. The van der Waals surface area contributed by atoms with E-state index < -0.39 is 11.0 Å². The molecule has 3 unspecified atom stereocenters. The van der Waals surface area contributed by atoms with E-state index in [-0.39, 0.29) is 0 Å². The molecule has 0 bridgehead atoms. The maximum Gasteiger partial charge on any atom is 0.106 e. The SMILES string of the molecule is CCC1CCCC(C#N)(C(C)(O)c2ccccc2C)C1. The van der Waals surface area contributed by atoms with Crippen LogP contribution in [0.15, 0.2) is 24.3 Å². The Balaban J connectivity index is 2.45. The molecule has 108 valence electrons. The van der Waals surface area contributed by atoms with Crippen LogP contribution in [0.25, 0.3) is 0 Å². The minimum absolute atomic E-state index is 0.555. The van der Waals surface area contributed by atoms with E-state index in [0.717, 1.165) is 36.8 Å². The maximum absolute atomic E-state index is 11.2. The molecule has 0 saturated heterocycles. The van der Waals surface area contributed by atoms with Gasteiger partial charge in [-0.2, -0.15) is 5.26 Å². The van der Waals surface area contributed by atoms with Gasteiger partial charge in [0, 0.05) is 0 Å². The largest absolute Gasteiger partial charge is 0.384 e. The average molecular weight is 271 g/mol. The van der Waals surface area contributed by atoms with Crippen LogP contribution in [0.4, 0.5) is 0 Å². The molecule has 1 aromatic carbocycles. The van der Waals surface area contributed by atoms with E-state index in [4.69, 9.17) is 0 Å². The highest BCUT2D eigenvalue weighted by Gasteiger charge is 2.51. The molecule has 2 rings (SSSR count). The molecule has 1 saturated carbocycles. The second-order valence-electron chi connectivity index (χ2n) is 6.45. The first-order chi connectivity index (χ1) is 9.47. The van der Waals surface area contributed by atoms with Gasteiger partial charge in [0.1, 0.15) is 5.60 Å². The molecule has 2 nitrogen and oxygen atoms in total. The standard InChI is InChI=1S/C18H25NO/c1-4-15-9-7-11-18(12-15,13-19)17(3,20)16-10-6-5-8-14(16)2/h5-6,8,10,15,20H,4,7,9,11-12H2,1-3H3. The molecule has 1 aromatic rings. The van der Waals surface area contributed by atoms with Gasteiger partial charge >= 0.3 is 0 Å². The van der Waals surface area contributed by atoms with Gasteiger partial charge in [0.05, 0.1) is 11.5 Å². The third kappa shape index (κ3) is 2.36. The van der Waals surface area contributed by atoms with Gasteiger partial charge in [-0.25, -0.2) is 0 Å². The topological polar surface area (TPSA) is 44.0 Å². The van der Waals surface area contributed by atoms with E-state index in [9.17, 15) is 10.4 Å². The lowest BCUT2D eigenvalue weighted by Crippen LogP contribution is -2.46. The Bertz CT molecular complexity index is 514. The number of nitrogens with zero attached hydrogens (tertiary/aromatic N) is 1. The lowest BCUT2D eigenvalue weighted by molar-refractivity contribution is -0.0742. The minimum atomic E-state index is -1.08. The molecule has 0 spiro atoms. The molecule has 1 aliphatic rings. The van der Waals surface area contributed by atoms with Gasteiger partial charge < -0.3 is 5.11 Å². The molecule has 1 fully saturated rings. The fourth-order valence-electron chi connectivity index (χ4n) is 3.77. The lowest BCUT2D eigenvalue weighted by Gasteiger charge is -2.46. The zero-order valence-electron chi connectivity index (χ0n) is 12.8. The molecule has 1 N–H and O–H groups in total. The number of aliphatic hydroxyl groups is 1. The minimum Gasteiger partial charge on any atom is -0.384 e. The number of nitriles is 1. The Morgan fingerprint density at radius 1 is 1.45 bits per heavy atom. The van der Waals surface area contributed by atoms with Crippen molar-refractivity contribution in [3.05, 3.63) is 35.4 Å². The fraction of sp³-hybridized carbons (Fsp3) is 0.611. The van der Waals surface area contributed by atoms with Crippen molar-refractivity contribution in [3.8, 4) is 6.07 Å². The maximum atomic E-state index is 11.2. The van der Waals surface area contributed by atoms with Gasteiger partial charge in [-0.3, -0.25) is 0 Å². The summed E-state index contributed by atoms with van der Waals surface area (Å²) in [7, 11) is 0. The van der Waals surface area contributed by atoms with Crippen molar-refractivity contribution in [1.82, 2.24) is 0 Å². The predicted molar refractivity (Wildman–Crippen MR) is 81.0 cm³/mol. The van der Waals surface area contributed by atoms with Crippen molar-refractivity contribution in [1.29, 1.82) is 5.26 Å². The summed E-state index contributed by atoms with van der Waals surface area (Å²) in [5.41, 5.74) is 0.225. The van der Waals surface area contributed by atoms with Crippen molar-refractivity contribution in [2.24, 2.45) is 11.3 Å². The average Bonchev–Trinajstić information content (AvgIpc) is 2.47. The van der Waals surface area contributed by atoms with Crippen molar-refractivity contribution < 1.29 is 5.11 Å². The molecular formula is C18H25NO. The molecule has 0 aromatic heterocycles. The molecule has 0 radical (unpaired) electrons. The first-order valence-electron chi connectivity index (χ1n) is 7.66. The summed E-state index contributed by atoms with van der Waals surface area (Å²) in [6.07, 6.45) is 4.91. The fourth-order valence-corrected chi connectivity index (χ4v) is 3.77. The molecule has 0 amide bonds. The van der Waals surface area contributed by atoms with Crippen LogP contribution in [0.2, 0.25) is 0 Å². The van der Waals surface area contributed by atoms with E-state index in [2.05, 4.69) is 13.0 Å². The van der Waals surface area contributed by atoms with Crippen LogP contribution in [0.1, 0.15) is 57.1 Å². The molecule has 20 heavy (non-hydrogen) atoms. The Hall–Kier alpha value is -1.33. The van der Waals surface area contributed by atoms with Crippen molar-refractivity contribution >= 4 is 0 Å². The zero-order valence-corrected chi connectivity index (χ0v) is 12.8. The van der Waals surface area contributed by atoms with Gasteiger partial charge in [-0.15, -0.1) is 0 Å². The number of hydrogen-bond donors (Lipinski definition) is 1. The van der Waals surface area contributed by atoms with E-state index in [1.54, 1.807) is 0 Å². The summed E-state index contributed by atoms with van der Waals surface area (Å²) in [4.78, 5) is 0. The Kier molecular flexibility index (Phi) is 4.20. The van der Waals surface area contributed by atoms with Gasteiger partial charge in [-0.05, 0) is 43.7 Å².